The summed E-state index contributed by atoms with van der Waals surface area (Å²) in [6.45, 7) is 8.73. The molecule has 1 saturated heterocycles. The van der Waals surface area contributed by atoms with E-state index in [1.807, 2.05) is 75.4 Å². The molecule has 0 radical (unpaired) electrons. The summed E-state index contributed by atoms with van der Waals surface area (Å²) in [4.78, 5) is 27.3. The summed E-state index contributed by atoms with van der Waals surface area (Å²) in [6, 6.07) is 21.3. The number of carbonyl (C=O) groups excluding carboxylic acids is 2. The second-order valence-corrected chi connectivity index (χ2v) is 10.9. The lowest BCUT2D eigenvalue weighted by Gasteiger charge is -2.28. The van der Waals surface area contributed by atoms with Crippen molar-refractivity contribution in [3.05, 3.63) is 77.4 Å². The fourth-order valence-corrected chi connectivity index (χ4v) is 4.87. The van der Waals surface area contributed by atoms with Crippen LogP contribution in [-0.4, -0.2) is 48.4 Å². The van der Waals surface area contributed by atoms with Crippen molar-refractivity contribution in [2.45, 2.75) is 64.5 Å². The summed E-state index contributed by atoms with van der Waals surface area (Å²) in [5.74, 6) is -0.0868. The van der Waals surface area contributed by atoms with Gasteiger partial charge in [0.15, 0.2) is 0 Å². The molecule has 1 aliphatic rings. The Bertz CT molecular complexity index is 1350. The van der Waals surface area contributed by atoms with Crippen LogP contribution in [0.1, 0.15) is 63.1 Å². The van der Waals surface area contributed by atoms with Gasteiger partial charge in [-0.3, -0.25) is 4.79 Å². The van der Waals surface area contributed by atoms with Crippen LogP contribution in [0, 0.1) is 11.3 Å². The van der Waals surface area contributed by atoms with Crippen molar-refractivity contribution in [2.24, 2.45) is 0 Å². The average molecular weight is 529 g/mol. The van der Waals surface area contributed by atoms with E-state index in [4.69, 9.17) is 14.2 Å². The molecule has 1 fully saturated rings. The number of hydrogen-bond donors (Lipinski definition) is 0. The van der Waals surface area contributed by atoms with Crippen LogP contribution in [-0.2, 0) is 20.7 Å². The van der Waals surface area contributed by atoms with E-state index in [1.165, 1.54) is 0 Å². The number of carbonyl (C=O) groups is 2. The summed E-state index contributed by atoms with van der Waals surface area (Å²) >= 11 is 0. The molecule has 1 heterocycles. The largest absolute Gasteiger partial charge is 0.491 e. The monoisotopic (exact) mass is 528 g/mol. The van der Waals surface area contributed by atoms with E-state index in [0.29, 0.717) is 37.5 Å². The van der Waals surface area contributed by atoms with E-state index in [9.17, 15) is 14.9 Å². The van der Waals surface area contributed by atoms with Crippen LogP contribution in [0.15, 0.2) is 60.7 Å². The fraction of sp³-hybridized carbons (Fsp3) is 0.406. The van der Waals surface area contributed by atoms with Gasteiger partial charge in [-0.1, -0.05) is 36.4 Å². The SMILES string of the molecule is CCOC(=O)C(Cc1ccc2ccc(C#N)cc2c1)c1ccc(OC[C@@H]2CCCN2C(=O)OC(C)(C)C)cc1. The molecule has 0 saturated carbocycles. The molecule has 3 aromatic rings. The number of amides is 1. The van der Waals surface area contributed by atoms with E-state index in [-0.39, 0.29) is 18.1 Å². The first-order valence-corrected chi connectivity index (χ1v) is 13.5. The zero-order valence-corrected chi connectivity index (χ0v) is 23.1. The van der Waals surface area contributed by atoms with Gasteiger partial charge < -0.3 is 19.1 Å². The second-order valence-electron chi connectivity index (χ2n) is 10.9. The molecule has 39 heavy (non-hydrogen) atoms. The molecule has 204 valence electrons. The van der Waals surface area contributed by atoms with Crippen molar-refractivity contribution in [1.82, 2.24) is 4.90 Å². The first-order chi connectivity index (χ1) is 18.7. The standard InChI is InChI=1S/C32H36N2O5/c1-5-37-30(35)29(19-22-8-10-24-11-9-23(20-33)18-26(24)17-22)25-12-14-28(15-13-25)38-21-27-7-6-16-34(27)31(36)39-32(2,3)4/h8-15,17-18,27,29H,5-7,16,19,21H2,1-4H3/t27-,29?/m0/s1. The highest BCUT2D eigenvalue weighted by atomic mass is 16.6. The van der Waals surface area contributed by atoms with Crippen molar-refractivity contribution in [3.63, 3.8) is 0 Å². The van der Waals surface area contributed by atoms with Crippen LogP contribution in [0.4, 0.5) is 4.79 Å². The Morgan fingerprint density at radius 1 is 1.05 bits per heavy atom. The van der Waals surface area contributed by atoms with Crippen LogP contribution < -0.4 is 4.74 Å². The molecule has 1 amide bonds. The lowest BCUT2D eigenvalue weighted by Crippen LogP contribution is -2.42. The Hall–Kier alpha value is -4.05. The highest BCUT2D eigenvalue weighted by Crippen LogP contribution is 2.28. The lowest BCUT2D eigenvalue weighted by molar-refractivity contribution is -0.144. The van der Waals surface area contributed by atoms with Gasteiger partial charge in [0, 0.05) is 6.54 Å². The second kappa shape index (κ2) is 12.2. The number of nitrogens with zero attached hydrogens (tertiary/aromatic N) is 2. The third kappa shape index (κ3) is 7.29. The Balaban J connectivity index is 1.45. The lowest BCUT2D eigenvalue weighted by atomic mass is 9.91. The first kappa shape index (κ1) is 28.0. The van der Waals surface area contributed by atoms with Crippen LogP contribution in [0.25, 0.3) is 10.8 Å². The van der Waals surface area contributed by atoms with E-state index < -0.39 is 11.5 Å². The van der Waals surface area contributed by atoms with E-state index in [1.54, 1.807) is 17.9 Å². The van der Waals surface area contributed by atoms with Gasteiger partial charge in [-0.25, -0.2) is 4.79 Å². The topological polar surface area (TPSA) is 88.9 Å². The number of rotatable bonds is 8. The predicted octanol–water partition coefficient (Wildman–Crippen LogP) is 6.38. The summed E-state index contributed by atoms with van der Waals surface area (Å²) in [5, 5.41) is 11.3. The minimum atomic E-state index is -0.539. The molecule has 3 aromatic carbocycles. The molecule has 0 aliphatic carbocycles. The quantitative estimate of drug-likeness (QED) is 0.315. The maximum absolute atomic E-state index is 12.9. The molecule has 7 heteroatoms. The summed E-state index contributed by atoms with van der Waals surface area (Å²) in [7, 11) is 0. The van der Waals surface area contributed by atoms with E-state index in [2.05, 4.69) is 6.07 Å². The third-order valence-electron chi connectivity index (χ3n) is 6.77. The molecule has 0 spiro atoms. The minimum absolute atomic E-state index is 0.0405. The van der Waals surface area contributed by atoms with Crippen molar-refractivity contribution in [3.8, 4) is 11.8 Å². The molecular formula is C32H36N2O5. The average Bonchev–Trinajstić information content (AvgIpc) is 3.38. The van der Waals surface area contributed by atoms with Crippen LogP contribution in [0.5, 0.6) is 5.75 Å². The molecular weight excluding hydrogens is 492 g/mol. The summed E-state index contributed by atoms with van der Waals surface area (Å²) in [6.07, 6.45) is 1.95. The van der Waals surface area contributed by atoms with Crippen molar-refractivity contribution in [1.29, 1.82) is 5.26 Å². The zero-order valence-electron chi connectivity index (χ0n) is 23.1. The molecule has 1 aliphatic heterocycles. The summed E-state index contributed by atoms with van der Waals surface area (Å²) in [5.41, 5.74) is 1.88. The molecule has 1 unspecified atom stereocenters. The van der Waals surface area contributed by atoms with Crippen molar-refractivity contribution < 1.29 is 23.8 Å². The highest BCUT2D eigenvalue weighted by molar-refractivity contribution is 5.85. The molecule has 7 nitrogen and oxygen atoms in total. The molecule has 0 aromatic heterocycles. The van der Waals surface area contributed by atoms with Gasteiger partial charge in [0.2, 0.25) is 0 Å². The van der Waals surface area contributed by atoms with Gasteiger partial charge in [-0.15, -0.1) is 0 Å². The summed E-state index contributed by atoms with van der Waals surface area (Å²) < 4.78 is 17.0. The number of nitriles is 1. The van der Waals surface area contributed by atoms with Crippen LogP contribution >= 0.6 is 0 Å². The van der Waals surface area contributed by atoms with E-state index in [0.717, 1.165) is 34.7 Å². The predicted molar refractivity (Wildman–Crippen MR) is 150 cm³/mol. The maximum atomic E-state index is 12.9. The van der Waals surface area contributed by atoms with E-state index >= 15 is 0 Å². The van der Waals surface area contributed by atoms with Crippen molar-refractivity contribution in [2.75, 3.05) is 19.8 Å². The van der Waals surface area contributed by atoms with Gasteiger partial charge in [-0.05, 0) is 93.1 Å². The number of benzene rings is 3. The zero-order chi connectivity index (χ0) is 28.0. The van der Waals surface area contributed by atoms with Gasteiger partial charge in [0.25, 0.3) is 0 Å². The molecule has 0 bridgehead atoms. The normalized spacial score (nSPS) is 16.0. The van der Waals surface area contributed by atoms with Gasteiger partial charge in [0.1, 0.15) is 18.0 Å². The number of hydrogen-bond acceptors (Lipinski definition) is 6. The van der Waals surface area contributed by atoms with Crippen LogP contribution in [0.2, 0.25) is 0 Å². The molecule has 4 rings (SSSR count). The Kier molecular flexibility index (Phi) is 8.75. The fourth-order valence-electron chi connectivity index (χ4n) is 4.87. The maximum Gasteiger partial charge on any atom is 0.410 e. The third-order valence-corrected chi connectivity index (χ3v) is 6.77. The number of ether oxygens (including phenoxy) is 3. The Labute approximate surface area is 230 Å². The van der Waals surface area contributed by atoms with Crippen LogP contribution in [0.3, 0.4) is 0 Å². The van der Waals surface area contributed by atoms with Crippen molar-refractivity contribution >= 4 is 22.8 Å². The Morgan fingerprint density at radius 3 is 2.49 bits per heavy atom. The Morgan fingerprint density at radius 2 is 1.79 bits per heavy atom. The highest BCUT2D eigenvalue weighted by Gasteiger charge is 2.32. The number of esters is 1. The van der Waals surface area contributed by atoms with Gasteiger partial charge in [0.05, 0.1) is 30.2 Å². The first-order valence-electron chi connectivity index (χ1n) is 13.5. The van der Waals surface area contributed by atoms with Gasteiger partial charge >= 0.3 is 12.1 Å². The number of likely N-dealkylation sites (tertiary alicyclic amines) is 1. The smallest absolute Gasteiger partial charge is 0.410 e. The molecule has 0 N–H and O–H groups in total. The van der Waals surface area contributed by atoms with Gasteiger partial charge in [-0.2, -0.15) is 5.26 Å². The molecule has 2 atom stereocenters. The minimum Gasteiger partial charge on any atom is -0.491 e. The number of fused-ring (bicyclic) bond motifs is 1.